The molecule has 0 saturated carbocycles. The van der Waals surface area contributed by atoms with Crippen LogP contribution in [0.5, 0.6) is 0 Å². The Morgan fingerprint density at radius 2 is 1.59 bits per heavy atom. The number of halogens is 1. The molecule has 0 bridgehead atoms. The van der Waals surface area contributed by atoms with E-state index in [-0.39, 0.29) is 31.0 Å². The summed E-state index contributed by atoms with van der Waals surface area (Å²) in [5.74, 6) is 1.05. The number of aldehydes is 2. The van der Waals surface area contributed by atoms with Crippen molar-refractivity contribution in [3.05, 3.63) is 24.3 Å². The number of carbonyl (C=O) groups is 3. The summed E-state index contributed by atoms with van der Waals surface area (Å²) in [5, 5.41) is 11.9. The van der Waals surface area contributed by atoms with Gasteiger partial charge in [0, 0.05) is 17.9 Å². The number of carbonyl (C=O) groups excluding carboxylic acids is 3. The first kappa shape index (κ1) is 39.1. The number of hydrogen-bond acceptors (Lipinski definition) is 9. The molecule has 0 fully saturated rings. The lowest BCUT2D eigenvalue weighted by molar-refractivity contribution is -0.124. The molecule has 0 aliphatic heterocycles. The lowest BCUT2D eigenvalue weighted by Gasteiger charge is -2.19. The summed E-state index contributed by atoms with van der Waals surface area (Å²) in [5.41, 5.74) is 7.27. The zero-order chi connectivity index (χ0) is 29.4. The number of Topliss-reactive ketones (excluding diaryl/α,β-unsaturated/α-hetero) is 1. The van der Waals surface area contributed by atoms with Crippen molar-refractivity contribution < 1.29 is 29.0 Å². The third-order valence-electron chi connectivity index (χ3n) is 5.07. The molecule has 0 aliphatic rings. The Kier molecular flexibility index (Phi) is 26.7. The Balaban J connectivity index is -0.000000446. The van der Waals surface area contributed by atoms with Crippen molar-refractivity contribution in [2.45, 2.75) is 66.0 Å². The fraction of sp³-hybridized carbons (Fsp3) is 0.667. The topological polar surface area (TPSA) is 125 Å². The lowest BCUT2D eigenvalue weighted by atomic mass is 9.99. The molecule has 10 heteroatoms. The number of rotatable bonds is 13. The van der Waals surface area contributed by atoms with Crippen LogP contribution in [0.1, 0.15) is 53.9 Å². The highest BCUT2D eigenvalue weighted by atomic mass is 19.3. The molecule has 1 aromatic carbocycles. The highest BCUT2D eigenvalue weighted by Gasteiger charge is 2.16. The van der Waals surface area contributed by atoms with E-state index in [1.807, 2.05) is 55.1 Å². The number of nitrogen functional groups attached to an aromatic ring is 1. The fourth-order valence-corrected chi connectivity index (χ4v) is 3.03. The van der Waals surface area contributed by atoms with E-state index >= 15 is 0 Å². The van der Waals surface area contributed by atoms with Crippen molar-refractivity contribution in [1.29, 1.82) is 0 Å². The fourth-order valence-electron chi connectivity index (χ4n) is 3.03. The first-order chi connectivity index (χ1) is 17.4. The van der Waals surface area contributed by atoms with E-state index in [0.29, 0.717) is 18.1 Å². The summed E-state index contributed by atoms with van der Waals surface area (Å²) in [7, 11) is 6.57. The van der Waals surface area contributed by atoms with Gasteiger partial charge in [0.2, 0.25) is 0 Å². The summed E-state index contributed by atoms with van der Waals surface area (Å²) in [6, 6.07) is 7.39. The van der Waals surface area contributed by atoms with Gasteiger partial charge in [0.15, 0.2) is 5.78 Å². The van der Waals surface area contributed by atoms with Gasteiger partial charge in [-0.05, 0) is 81.5 Å². The number of nitrogens with zero attached hydrogens (tertiary/aromatic N) is 2. The van der Waals surface area contributed by atoms with Gasteiger partial charge in [-0.1, -0.05) is 27.7 Å². The first-order valence-corrected chi connectivity index (χ1v) is 12.5. The lowest BCUT2D eigenvalue weighted by Crippen LogP contribution is -2.35. The van der Waals surface area contributed by atoms with E-state index in [1.165, 1.54) is 0 Å². The van der Waals surface area contributed by atoms with Crippen LogP contribution in [0.2, 0.25) is 0 Å². The van der Waals surface area contributed by atoms with Crippen LogP contribution in [0.4, 0.5) is 15.9 Å². The summed E-state index contributed by atoms with van der Waals surface area (Å²) < 4.78 is 9.79. The number of likely N-dealkylation sites (N-methyl/N-ethyl adjacent to an activating group) is 2. The molecule has 0 aliphatic carbocycles. The molecule has 0 saturated heterocycles. The molecule has 0 radical (unpaired) electrons. The van der Waals surface area contributed by atoms with E-state index in [2.05, 4.69) is 38.0 Å². The molecule has 0 heterocycles. The molecule has 1 rings (SSSR count). The Labute approximate surface area is 223 Å². The third kappa shape index (κ3) is 22.5. The third-order valence-corrected chi connectivity index (χ3v) is 5.07. The molecule has 0 spiro atoms. The molecular formula is C27H51FN4O5. The van der Waals surface area contributed by atoms with Gasteiger partial charge in [-0.3, -0.25) is 9.69 Å². The second-order valence-electron chi connectivity index (χ2n) is 9.35. The van der Waals surface area contributed by atoms with Crippen molar-refractivity contribution in [3.8, 4) is 0 Å². The predicted molar refractivity (Wildman–Crippen MR) is 150 cm³/mol. The number of nitrogens with two attached hydrogens (primary N) is 1. The van der Waals surface area contributed by atoms with Gasteiger partial charge in [-0.25, -0.2) is 0 Å². The second-order valence-corrected chi connectivity index (χ2v) is 9.35. The van der Waals surface area contributed by atoms with E-state index in [4.69, 9.17) is 10.8 Å². The molecule has 1 aromatic rings. The molecule has 9 nitrogen and oxygen atoms in total. The van der Waals surface area contributed by atoms with Crippen LogP contribution in [0.15, 0.2) is 24.3 Å². The van der Waals surface area contributed by atoms with Crippen LogP contribution in [-0.4, -0.2) is 82.0 Å². The normalized spacial score (nSPS) is 11.7. The number of anilines is 2. The Morgan fingerprint density at radius 3 is 1.86 bits per heavy atom. The minimum Gasteiger partial charge on any atom is -0.399 e. The van der Waals surface area contributed by atoms with E-state index in [0.717, 1.165) is 44.2 Å². The van der Waals surface area contributed by atoms with Crippen LogP contribution >= 0.6 is 0 Å². The summed E-state index contributed by atoms with van der Waals surface area (Å²) in [4.78, 5) is 38.3. The van der Waals surface area contributed by atoms with Gasteiger partial charge in [-0.15, -0.1) is 0 Å². The minimum absolute atomic E-state index is 0.0128. The Hall–Kier alpha value is -2.40. The zero-order valence-electron chi connectivity index (χ0n) is 24.2. The first-order valence-electron chi connectivity index (χ1n) is 12.5. The monoisotopic (exact) mass is 530 g/mol. The highest BCUT2D eigenvalue weighted by Crippen LogP contribution is 2.15. The number of ketones is 1. The highest BCUT2D eigenvalue weighted by molar-refractivity contribution is 5.93. The van der Waals surface area contributed by atoms with Gasteiger partial charge < -0.3 is 30.6 Å². The van der Waals surface area contributed by atoms with E-state index < -0.39 is 0 Å². The van der Waals surface area contributed by atoms with Gasteiger partial charge in [0.1, 0.15) is 19.3 Å². The summed E-state index contributed by atoms with van der Waals surface area (Å²) in [6.07, 6.45) is 3.45. The van der Waals surface area contributed by atoms with E-state index in [1.54, 1.807) is 7.05 Å². The minimum atomic E-state index is -0.157. The van der Waals surface area contributed by atoms with Gasteiger partial charge in [0.25, 0.3) is 0 Å². The van der Waals surface area contributed by atoms with Crippen molar-refractivity contribution in [3.63, 3.8) is 0 Å². The molecule has 4 N–H and O–H groups in total. The maximum Gasteiger partial charge on any atom is 0.156 e. The van der Waals surface area contributed by atoms with Crippen LogP contribution in [0.25, 0.3) is 0 Å². The largest absolute Gasteiger partial charge is 0.399 e. The average Bonchev–Trinajstić information content (AvgIpc) is 2.84. The average molecular weight is 531 g/mol. The maximum atomic E-state index is 11.2. The SMILES string of the molecule is CC(C)CC(C=O)N(C)C.CCN(CO)c1ccc(N)cc1.CNC(CC(C)C)C(=O)CC=O.COF. The number of aliphatic hydroxyl groups is 1. The standard InChI is InChI=1S/C9H14N2O.C9H17NO2.C8H17NO.CH3FO/c1-2-11(7-12)9-5-3-8(10)4-6-9;1-7(2)6-8(10-3)9(12)4-5-11;1-7(2)5-8(6-10)9(3)4;1-3-2/h3-6,12H,2,7,10H2,1H3;5,7-8,10H,4,6H2,1-3H3;6-8H,5H2,1-4H3;1H3. The van der Waals surface area contributed by atoms with Crippen LogP contribution in [-0.2, 0) is 19.3 Å². The molecule has 0 aromatic heterocycles. The number of aliphatic hydroxyl groups excluding tert-OH is 1. The molecule has 37 heavy (non-hydrogen) atoms. The second kappa shape index (κ2) is 25.3. The molecule has 0 amide bonds. The number of nitrogens with one attached hydrogen (secondary N) is 1. The molecule has 2 atom stereocenters. The van der Waals surface area contributed by atoms with Crippen molar-refractivity contribution in [1.82, 2.24) is 10.2 Å². The van der Waals surface area contributed by atoms with Crippen LogP contribution in [0.3, 0.4) is 0 Å². The zero-order valence-corrected chi connectivity index (χ0v) is 24.2. The van der Waals surface area contributed by atoms with Crippen molar-refractivity contribution >= 4 is 29.7 Å². The Morgan fingerprint density at radius 1 is 1.11 bits per heavy atom. The van der Waals surface area contributed by atoms with Crippen molar-refractivity contribution in [2.75, 3.05) is 52.2 Å². The van der Waals surface area contributed by atoms with Crippen molar-refractivity contribution in [2.24, 2.45) is 11.8 Å². The van der Waals surface area contributed by atoms with E-state index in [9.17, 15) is 18.9 Å². The number of benzene rings is 1. The quantitative estimate of drug-likeness (QED) is 0.152. The smallest absolute Gasteiger partial charge is 0.156 e. The van der Waals surface area contributed by atoms with Gasteiger partial charge in [-0.2, -0.15) is 4.94 Å². The molecular weight excluding hydrogens is 479 g/mol. The van der Waals surface area contributed by atoms with Gasteiger partial charge in [0.05, 0.1) is 25.6 Å². The molecule has 2 unspecified atom stereocenters. The van der Waals surface area contributed by atoms with Crippen LogP contribution in [0, 0.1) is 11.8 Å². The predicted octanol–water partition coefficient (Wildman–Crippen LogP) is 3.50. The summed E-state index contributed by atoms with van der Waals surface area (Å²) in [6.45, 7) is 11.2. The number of hydrogen-bond donors (Lipinski definition) is 3. The Bertz CT molecular complexity index is 684. The summed E-state index contributed by atoms with van der Waals surface area (Å²) >= 11 is 0. The van der Waals surface area contributed by atoms with Gasteiger partial charge >= 0.3 is 0 Å². The molecule has 216 valence electrons. The van der Waals surface area contributed by atoms with Crippen LogP contribution < -0.4 is 16.0 Å². The maximum absolute atomic E-state index is 11.2.